The third-order valence-corrected chi connectivity index (χ3v) is 7.95. The Morgan fingerprint density at radius 1 is 1.23 bits per heavy atom. The van der Waals surface area contributed by atoms with E-state index >= 15 is 0 Å². The topological polar surface area (TPSA) is 80.6 Å². The molecule has 0 radical (unpaired) electrons. The van der Waals surface area contributed by atoms with E-state index in [1.807, 2.05) is 30.3 Å². The second kappa shape index (κ2) is 12.3. The van der Waals surface area contributed by atoms with Crippen molar-refractivity contribution in [2.45, 2.75) is 11.0 Å². The zero-order chi connectivity index (χ0) is 24.6. The van der Waals surface area contributed by atoms with Gasteiger partial charge in [0.2, 0.25) is 0 Å². The van der Waals surface area contributed by atoms with Crippen molar-refractivity contribution in [3.63, 3.8) is 0 Å². The van der Waals surface area contributed by atoms with Gasteiger partial charge in [-0.15, -0.1) is 0 Å². The van der Waals surface area contributed by atoms with E-state index in [2.05, 4.69) is 28.4 Å². The summed E-state index contributed by atoms with van der Waals surface area (Å²) in [6.07, 6.45) is 1.89. The summed E-state index contributed by atoms with van der Waals surface area (Å²) in [5, 5.41) is 10.2. The van der Waals surface area contributed by atoms with Crippen molar-refractivity contribution in [1.82, 2.24) is 5.32 Å². The molecule has 0 aliphatic carbocycles. The molecule has 2 unspecified atom stereocenters. The predicted octanol–water partition coefficient (Wildman–Crippen LogP) is 5.84. The molecule has 2 atom stereocenters. The van der Waals surface area contributed by atoms with Gasteiger partial charge in [-0.2, -0.15) is 0 Å². The van der Waals surface area contributed by atoms with Gasteiger partial charge in [0.05, 0.1) is 24.7 Å². The molecular formula is C26H30FN4O2PS. The molecule has 6 nitrogen and oxygen atoms in total. The second-order valence-corrected chi connectivity index (χ2v) is 10.3. The third kappa shape index (κ3) is 6.67. The highest BCUT2D eigenvalue weighted by molar-refractivity contribution is 8.49. The molecule has 0 aromatic heterocycles. The van der Waals surface area contributed by atoms with Gasteiger partial charge >= 0.3 is 0 Å². The zero-order valence-corrected chi connectivity index (χ0v) is 21.4. The van der Waals surface area contributed by atoms with Crippen LogP contribution in [-0.2, 0) is 4.74 Å². The van der Waals surface area contributed by atoms with Gasteiger partial charge in [0.25, 0.3) is 0 Å². The van der Waals surface area contributed by atoms with Gasteiger partial charge in [-0.05, 0) is 53.6 Å². The lowest BCUT2D eigenvalue weighted by Gasteiger charge is -2.25. The smallest absolute Gasteiger partial charge is 0.137 e. The molecule has 9 heteroatoms. The SMILES string of the molecule is C=Cc1c(N)cc(-c2ccc(NPSc3cc(OC)ccc3F)cc2)cc1NCC1CNCCO1. The number of benzene rings is 3. The normalized spacial score (nSPS) is 15.8. The minimum absolute atomic E-state index is 0.112. The number of nitrogens with two attached hydrogens (primary N) is 1. The second-order valence-electron chi connectivity index (χ2n) is 8.01. The first-order valence-electron chi connectivity index (χ1n) is 11.3. The van der Waals surface area contributed by atoms with Gasteiger partial charge < -0.3 is 30.9 Å². The largest absolute Gasteiger partial charge is 0.497 e. The highest BCUT2D eigenvalue weighted by Crippen LogP contribution is 2.40. The first-order chi connectivity index (χ1) is 17.1. The Kier molecular flexibility index (Phi) is 8.88. The molecule has 35 heavy (non-hydrogen) atoms. The van der Waals surface area contributed by atoms with Crippen LogP contribution >= 0.6 is 19.3 Å². The van der Waals surface area contributed by atoms with Gasteiger partial charge in [0.15, 0.2) is 0 Å². The molecule has 0 spiro atoms. The lowest BCUT2D eigenvalue weighted by atomic mass is 10.00. The van der Waals surface area contributed by atoms with Crippen LogP contribution in [0.5, 0.6) is 5.75 Å². The Balaban J connectivity index is 1.41. The van der Waals surface area contributed by atoms with E-state index < -0.39 is 0 Å². The van der Waals surface area contributed by atoms with Crippen LogP contribution in [-0.4, -0.2) is 39.5 Å². The van der Waals surface area contributed by atoms with Crippen molar-refractivity contribution in [1.29, 1.82) is 0 Å². The number of rotatable bonds is 10. The van der Waals surface area contributed by atoms with Crippen LogP contribution in [0.25, 0.3) is 17.2 Å². The molecule has 0 saturated carbocycles. The Bertz CT molecular complexity index is 1160. The number of hydrogen-bond acceptors (Lipinski definition) is 7. The molecule has 0 amide bonds. The van der Waals surface area contributed by atoms with E-state index in [1.165, 1.54) is 17.4 Å². The fourth-order valence-electron chi connectivity index (χ4n) is 3.77. The summed E-state index contributed by atoms with van der Waals surface area (Å²) in [4.78, 5) is 0.555. The highest BCUT2D eigenvalue weighted by Gasteiger charge is 2.15. The maximum Gasteiger partial charge on any atom is 0.137 e. The van der Waals surface area contributed by atoms with Crippen LogP contribution in [0.4, 0.5) is 21.5 Å². The maximum atomic E-state index is 14.0. The van der Waals surface area contributed by atoms with Crippen LogP contribution < -0.4 is 26.2 Å². The minimum atomic E-state index is -0.253. The van der Waals surface area contributed by atoms with E-state index in [9.17, 15) is 4.39 Å². The first kappa shape index (κ1) is 25.3. The lowest BCUT2D eigenvalue weighted by Crippen LogP contribution is -2.42. The van der Waals surface area contributed by atoms with Gasteiger partial charge in [0, 0.05) is 50.2 Å². The Labute approximate surface area is 211 Å². The number of anilines is 3. The molecule has 3 aromatic rings. The Morgan fingerprint density at radius 3 is 2.77 bits per heavy atom. The summed E-state index contributed by atoms with van der Waals surface area (Å²) < 4.78 is 25.0. The van der Waals surface area contributed by atoms with Crippen LogP contribution in [0.2, 0.25) is 0 Å². The standard InChI is InChI=1S/C26H30FN4O2PS/c1-3-22-24(28)12-18(13-25(22)30-16-21-15-29-10-11-33-21)17-4-6-19(7-5-17)31-34-35-26-14-20(32-2)8-9-23(26)27/h3-9,12-14,21,29-31,34H,1,10-11,15-16,28H2,2H3. The van der Waals surface area contributed by atoms with E-state index in [1.54, 1.807) is 25.3 Å². The monoisotopic (exact) mass is 512 g/mol. The molecule has 1 saturated heterocycles. The number of halogens is 1. The molecule has 1 aliphatic heterocycles. The van der Waals surface area contributed by atoms with E-state index in [0.29, 0.717) is 22.9 Å². The van der Waals surface area contributed by atoms with E-state index in [0.717, 1.165) is 47.8 Å². The average molecular weight is 513 g/mol. The fourth-order valence-corrected chi connectivity index (χ4v) is 5.86. The molecule has 5 N–H and O–H groups in total. The van der Waals surface area contributed by atoms with Gasteiger partial charge in [-0.1, -0.05) is 36.2 Å². The molecule has 184 valence electrons. The molecule has 1 aliphatic rings. The van der Waals surface area contributed by atoms with Crippen molar-refractivity contribution in [2.24, 2.45) is 0 Å². The Morgan fingerprint density at radius 2 is 2.06 bits per heavy atom. The minimum Gasteiger partial charge on any atom is -0.497 e. The number of nitrogen functional groups attached to an aromatic ring is 1. The Hall–Kier alpha value is -2.77. The molecule has 0 bridgehead atoms. The number of methoxy groups -OCH3 is 1. The fraction of sp³-hybridized carbons (Fsp3) is 0.231. The van der Waals surface area contributed by atoms with Crippen molar-refractivity contribution < 1.29 is 13.9 Å². The van der Waals surface area contributed by atoms with Gasteiger partial charge in [-0.3, -0.25) is 0 Å². The summed E-state index contributed by atoms with van der Waals surface area (Å²) in [5.74, 6) is 0.387. The van der Waals surface area contributed by atoms with Gasteiger partial charge in [-0.25, -0.2) is 4.39 Å². The summed E-state index contributed by atoms with van der Waals surface area (Å²) >= 11 is 1.41. The van der Waals surface area contributed by atoms with Crippen molar-refractivity contribution in [2.75, 3.05) is 49.5 Å². The molecular weight excluding hydrogens is 482 g/mol. The first-order valence-corrected chi connectivity index (χ1v) is 13.9. The number of morpholine rings is 1. The van der Waals surface area contributed by atoms with Crippen LogP contribution in [0.15, 0.2) is 66.1 Å². The number of ether oxygens (including phenoxy) is 2. The number of hydrogen-bond donors (Lipinski definition) is 4. The average Bonchev–Trinajstić information content (AvgIpc) is 2.89. The van der Waals surface area contributed by atoms with Crippen molar-refractivity contribution in [3.8, 4) is 16.9 Å². The summed E-state index contributed by atoms with van der Waals surface area (Å²) in [6, 6.07) is 16.9. The lowest BCUT2D eigenvalue weighted by molar-refractivity contribution is 0.0372. The van der Waals surface area contributed by atoms with Crippen molar-refractivity contribution >= 4 is 42.5 Å². The number of nitrogens with one attached hydrogen (secondary N) is 3. The molecule has 1 fully saturated rings. The van der Waals surface area contributed by atoms with Crippen LogP contribution in [0.1, 0.15) is 5.56 Å². The van der Waals surface area contributed by atoms with E-state index in [-0.39, 0.29) is 19.9 Å². The maximum absolute atomic E-state index is 14.0. The van der Waals surface area contributed by atoms with Crippen LogP contribution in [0, 0.1) is 5.82 Å². The molecule has 3 aromatic carbocycles. The van der Waals surface area contributed by atoms with E-state index in [4.69, 9.17) is 15.2 Å². The summed E-state index contributed by atoms with van der Waals surface area (Å²) in [5.41, 5.74) is 11.9. The molecule has 1 heterocycles. The summed E-state index contributed by atoms with van der Waals surface area (Å²) in [7, 11) is 1.83. The predicted molar refractivity (Wildman–Crippen MR) is 148 cm³/mol. The zero-order valence-electron chi connectivity index (χ0n) is 19.6. The van der Waals surface area contributed by atoms with Crippen LogP contribution in [0.3, 0.4) is 0 Å². The van der Waals surface area contributed by atoms with Crippen molar-refractivity contribution in [3.05, 3.63) is 72.6 Å². The quantitative estimate of drug-likeness (QED) is 0.201. The molecule has 4 rings (SSSR count). The third-order valence-electron chi connectivity index (χ3n) is 5.65. The van der Waals surface area contributed by atoms with Gasteiger partial charge in [0.1, 0.15) is 11.6 Å². The highest BCUT2D eigenvalue weighted by atomic mass is 32.7. The summed E-state index contributed by atoms with van der Waals surface area (Å²) in [6.45, 7) is 7.04.